The molecule has 2 heteroatoms. The summed E-state index contributed by atoms with van der Waals surface area (Å²) in [4.78, 5) is 0. The van der Waals surface area contributed by atoms with Gasteiger partial charge < -0.3 is 0 Å². The molecule has 0 atom stereocenters. The maximum atomic E-state index is 3.71. The van der Waals surface area contributed by atoms with Crippen molar-refractivity contribution in [2.75, 3.05) is 0 Å². The van der Waals surface area contributed by atoms with Gasteiger partial charge in [-0.25, -0.2) is 0 Å². The monoisotopic (exact) mass is 129 g/mol. The zero-order chi connectivity index (χ0) is 6.81. The van der Waals surface area contributed by atoms with Crippen LogP contribution in [0, 0.1) is 6.54 Å². The lowest BCUT2D eigenvalue weighted by Gasteiger charge is -2.06. The summed E-state index contributed by atoms with van der Waals surface area (Å²) >= 11 is 0. The molecule has 47 valence electrons. The van der Waals surface area contributed by atoms with Crippen molar-refractivity contribution in [1.82, 2.24) is 5.43 Å². The molecule has 0 aliphatic carbocycles. The fourth-order valence-electron chi connectivity index (χ4n) is 0.866. The van der Waals surface area contributed by atoms with Gasteiger partial charge in [0, 0.05) is 5.56 Å². The third-order valence-electron chi connectivity index (χ3n) is 1.35. The molecule has 1 heterocycles. The van der Waals surface area contributed by atoms with Crippen LogP contribution in [-0.2, 0) is 0 Å². The summed E-state index contributed by atoms with van der Waals surface area (Å²) in [5, 5.41) is 3.71. The molecule has 10 heavy (non-hydrogen) atoms. The van der Waals surface area contributed by atoms with Gasteiger partial charge in [-0.1, -0.05) is 24.3 Å². The Bertz CT molecular complexity index is 266. The average molecular weight is 129 g/mol. The van der Waals surface area contributed by atoms with Gasteiger partial charge in [-0.15, -0.1) is 0 Å². The Morgan fingerprint density at radius 1 is 1.20 bits per heavy atom. The van der Waals surface area contributed by atoms with Crippen LogP contribution < -0.4 is 5.43 Å². The van der Waals surface area contributed by atoms with Crippen LogP contribution in [0.15, 0.2) is 29.4 Å². The number of fused-ring (bicyclic) bond motifs is 1. The van der Waals surface area contributed by atoms with Crippen LogP contribution in [0.5, 0.6) is 0 Å². The predicted molar refractivity (Wildman–Crippen MR) is 38.5 cm³/mol. The lowest BCUT2D eigenvalue weighted by molar-refractivity contribution is 0.890. The highest BCUT2D eigenvalue weighted by Crippen LogP contribution is 2.09. The summed E-state index contributed by atoms with van der Waals surface area (Å²) in [5.74, 6) is 0. The van der Waals surface area contributed by atoms with E-state index in [0.717, 1.165) is 11.1 Å². The van der Waals surface area contributed by atoms with Gasteiger partial charge in [0.15, 0.2) is 0 Å². The molecule has 1 aromatic carbocycles. The normalized spacial score (nSPS) is 14.0. The van der Waals surface area contributed by atoms with Crippen molar-refractivity contribution in [3.05, 3.63) is 41.9 Å². The topological polar surface area (TPSA) is 24.4 Å². The minimum atomic E-state index is 0.987. The van der Waals surface area contributed by atoms with Crippen molar-refractivity contribution in [1.29, 1.82) is 0 Å². The second-order valence-electron chi connectivity index (χ2n) is 2.01. The van der Waals surface area contributed by atoms with Gasteiger partial charge in [0.05, 0.1) is 0 Å². The van der Waals surface area contributed by atoms with E-state index in [-0.39, 0.29) is 0 Å². The molecule has 1 aliphatic heterocycles. The van der Waals surface area contributed by atoms with Gasteiger partial charge in [0.1, 0.15) is 12.8 Å². The summed E-state index contributed by atoms with van der Waals surface area (Å²) in [6.07, 6.45) is 2.81. The lowest BCUT2D eigenvalue weighted by atomic mass is 10.1. The van der Waals surface area contributed by atoms with Crippen LogP contribution in [0.1, 0.15) is 11.1 Å². The first kappa shape index (κ1) is 5.47. The SMILES string of the molecule is [C]1NN=[C]c2ccccc21. The third-order valence-corrected chi connectivity index (χ3v) is 1.35. The van der Waals surface area contributed by atoms with Crippen LogP contribution in [-0.4, -0.2) is 6.21 Å². The summed E-state index contributed by atoms with van der Waals surface area (Å²) in [6.45, 7) is 2.88. The Morgan fingerprint density at radius 2 is 2.00 bits per heavy atom. The van der Waals surface area contributed by atoms with Gasteiger partial charge in [0.2, 0.25) is 0 Å². The van der Waals surface area contributed by atoms with E-state index in [0.29, 0.717) is 0 Å². The van der Waals surface area contributed by atoms with E-state index in [2.05, 4.69) is 23.3 Å². The minimum absolute atomic E-state index is 0.987. The Hall–Kier alpha value is -1.31. The average Bonchev–Trinajstić information content (AvgIpc) is 2.05. The van der Waals surface area contributed by atoms with E-state index in [1.54, 1.807) is 0 Å². The summed E-state index contributed by atoms with van der Waals surface area (Å²) in [5.41, 5.74) is 4.60. The molecular formula is C8H5N2. The molecule has 0 fully saturated rings. The van der Waals surface area contributed by atoms with Crippen molar-refractivity contribution in [2.24, 2.45) is 5.10 Å². The molecule has 1 aliphatic rings. The van der Waals surface area contributed by atoms with Crippen LogP contribution >= 0.6 is 0 Å². The predicted octanol–water partition coefficient (Wildman–Crippen LogP) is 0.888. The van der Waals surface area contributed by atoms with Crippen LogP contribution in [0.25, 0.3) is 0 Å². The van der Waals surface area contributed by atoms with E-state index in [4.69, 9.17) is 0 Å². The molecule has 0 saturated heterocycles. The zero-order valence-electron chi connectivity index (χ0n) is 5.26. The smallest absolute Gasteiger partial charge is 0.143 e. The summed E-state index contributed by atoms with van der Waals surface area (Å²) < 4.78 is 0. The largest absolute Gasteiger partial charge is 0.293 e. The maximum Gasteiger partial charge on any atom is 0.143 e. The minimum Gasteiger partial charge on any atom is -0.293 e. The number of hydrogen-bond donors (Lipinski definition) is 1. The van der Waals surface area contributed by atoms with Gasteiger partial charge in [0.25, 0.3) is 0 Å². The van der Waals surface area contributed by atoms with Crippen molar-refractivity contribution < 1.29 is 0 Å². The fourth-order valence-corrected chi connectivity index (χ4v) is 0.866. The molecule has 0 bridgehead atoms. The van der Waals surface area contributed by atoms with Crippen LogP contribution in [0.4, 0.5) is 0 Å². The number of hydrogen-bond acceptors (Lipinski definition) is 2. The second-order valence-corrected chi connectivity index (χ2v) is 2.01. The van der Waals surface area contributed by atoms with Crippen LogP contribution in [0.2, 0.25) is 0 Å². The second kappa shape index (κ2) is 2.14. The van der Waals surface area contributed by atoms with E-state index < -0.39 is 0 Å². The highest BCUT2D eigenvalue weighted by atomic mass is 15.3. The molecule has 0 aromatic heterocycles. The Kier molecular flexibility index (Phi) is 1.17. The molecule has 0 saturated carbocycles. The molecule has 0 amide bonds. The Balaban J connectivity index is 2.54. The van der Waals surface area contributed by atoms with Gasteiger partial charge in [-0.3, -0.25) is 5.43 Å². The number of benzene rings is 1. The fraction of sp³-hybridized carbons (Fsp3) is 0. The number of nitrogens with one attached hydrogen (secondary N) is 1. The van der Waals surface area contributed by atoms with E-state index in [1.807, 2.05) is 24.3 Å². The molecule has 0 spiro atoms. The van der Waals surface area contributed by atoms with E-state index in [1.165, 1.54) is 0 Å². The Labute approximate surface area is 59.6 Å². The molecule has 2 rings (SSSR count). The quantitative estimate of drug-likeness (QED) is 0.552. The first-order valence-electron chi connectivity index (χ1n) is 3.02. The molecule has 3 radical (unpaired) electrons. The maximum absolute atomic E-state index is 3.71. The third kappa shape index (κ3) is 0.778. The standard InChI is InChI=1S/C8H5N2/c1-2-4-8-6-10-9-5-7(8)3-1/h1-4,9H. The van der Waals surface area contributed by atoms with Gasteiger partial charge in [-0.2, -0.15) is 5.10 Å². The number of hydrazone groups is 1. The molecule has 1 aromatic rings. The van der Waals surface area contributed by atoms with Crippen molar-refractivity contribution in [2.45, 2.75) is 0 Å². The number of rotatable bonds is 0. The van der Waals surface area contributed by atoms with Gasteiger partial charge in [-0.05, 0) is 5.56 Å². The zero-order valence-corrected chi connectivity index (χ0v) is 5.26. The summed E-state index contributed by atoms with van der Waals surface area (Å²) in [7, 11) is 0. The molecule has 2 nitrogen and oxygen atoms in total. The first-order valence-corrected chi connectivity index (χ1v) is 3.02. The van der Waals surface area contributed by atoms with E-state index in [9.17, 15) is 0 Å². The highest BCUT2D eigenvalue weighted by Gasteiger charge is 2.03. The van der Waals surface area contributed by atoms with Crippen molar-refractivity contribution >= 4 is 6.21 Å². The van der Waals surface area contributed by atoms with Crippen molar-refractivity contribution in [3.8, 4) is 0 Å². The first-order chi connectivity index (χ1) is 4.97. The summed E-state index contributed by atoms with van der Waals surface area (Å²) in [6, 6.07) is 7.82. The lowest BCUT2D eigenvalue weighted by Crippen LogP contribution is -2.10. The molecular weight excluding hydrogens is 124 g/mol. The number of nitrogens with zero attached hydrogens (tertiary/aromatic N) is 1. The van der Waals surface area contributed by atoms with Crippen molar-refractivity contribution in [3.63, 3.8) is 0 Å². The molecule has 0 unspecified atom stereocenters. The Morgan fingerprint density at radius 3 is 2.80 bits per heavy atom. The highest BCUT2D eigenvalue weighted by molar-refractivity contribution is 5.83. The van der Waals surface area contributed by atoms with E-state index >= 15 is 0 Å². The van der Waals surface area contributed by atoms with Gasteiger partial charge >= 0.3 is 0 Å². The molecule has 1 N–H and O–H groups in total. The van der Waals surface area contributed by atoms with Crippen LogP contribution in [0.3, 0.4) is 0 Å².